The highest BCUT2D eigenvalue weighted by molar-refractivity contribution is 7.85. The Morgan fingerprint density at radius 1 is 0.935 bits per heavy atom. The maximum atomic E-state index is 12.5. The van der Waals surface area contributed by atoms with Crippen molar-refractivity contribution in [2.75, 3.05) is 12.3 Å². The number of aryl methyl sites for hydroxylation is 1. The molecule has 0 saturated heterocycles. The Hall–Kier alpha value is -1.60. The lowest BCUT2D eigenvalue weighted by molar-refractivity contribution is -0.128. The number of carbonyl (C=O) groups excluding carboxylic acids is 1. The molecule has 2 N–H and O–H groups in total. The third-order valence-corrected chi connectivity index (χ3v) is 6.10. The predicted octanol–water partition coefficient (Wildman–Crippen LogP) is 5.31. The number of amides is 1. The van der Waals surface area contributed by atoms with Crippen molar-refractivity contribution in [3.63, 3.8) is 0 Å². The van der Waals surface area contributed by atoms with Crippen LogP contribution < -0.4 is 10.1 Å². The highest BCUT2D eigenvalue weighted by Crippen LogP contribution is 2.18. The van der Waals surface area contributed by atoms with Crippen molar-refractivity contribution in [1.29, 1.82) is 0 Å². The number of hydrogen-bond acceptors (Lipinski definition) is 4. The maximum Gasteiger partial charge on any atom is 0.266 e. The zero-order valence-electron chi connectivity index (χ0n) is 19.3. The molecule has 1 atom stereocenters. The lowest BCUT2D eigenvalue weighted by Crippen LogP contribution is -2.40. The molecular weight excluding hydrogens is 414 g/mol. The smallest absolute Gasteiger partial charge is 0.266 e. The van der Waals surface area contributed by atoms with Gasteiger partial charge in [0.05, 0.1) is 5.75 Å². The lowest BCUT2D eigenvalue weighted by Gasteiger charge is -2.19. The van der Waals surface area contributed by atoms with Crippen LogP contribution in [-0.2, 0) is 21.3 Å². The van der Waals surface area contributed by atoms with Crippen LogP contribution in [0.5, 0.6) is 5.75 Å². The molecule has 1 rings (SSSR count). The van der Waals surface area contributed by atoms with E-state index in [-0.39, 0.29) is 12.5 Å². The second kappa shape index (κ2) is 16.1. The predicted molar refractivity (Wildman–Crippen MR) is 126 cm³/mol. The molecule has 7 heteroatoms. The maximum absolute atomic E-state index is 12.5. The second-order valence-corrected chi connectivity index (χ2v) is 9.72. The number of ether oxygens (including phenoxy) is 1. The fourth-order valence-electron chi connectivity index (χ4n) is 3.45. The van der Waals surface area contributed by atoms with Gasteiger partial charge in [0, 0.05) is 6.54 Å². The monoisotopic (exact) mass is 455 g/mol. The second-order valence-electron chi connectivity index (χ2n) is 8.15. The standard InChI is InChI=1S/C24H41NO5S/c1-3-5-6-7-8-9-10-11-12-13-14-23(24(26)25-19-20-31(27,28)29)30-22-17-15-21(4-2)16-18-22/h15-18,23H,3-14,19-20H2,1-2H3,(H,25,26)(H,27,28,29). The van der Waals surface area contributed by atoms with Crippen molar-refractivity contribution < 1.29 is 22.5 Å². The van der Waals surface area contributed by atoms with E-state index in [4.69, 9.17) is 9.29 Å². The van der Waals surface area contributed by atoms with Crippen LogP contribution in [0, 0.1) is 0 Å². The highest BCUT2D eigenvalue weighted by Gasteiger charge is 2.20. The molecule has 31 heavy (non-hydrogen) atoms. The van der Waals surface area contributed by atoms with E-state index in [1.807, 2.05) is 24.3 Å². The van der Waals surface area contributed by atoms with E-state index in [0.29, 0.717) is 12.2 Å². The van der Waals surface area contributed by atoms with Gasteiger partial charge in [-0.3, -0.25) is 9.35 Å². The van der Waals surface area contributed by atoms with Crippen LogP contribution in [0.4, 0.5) is 0 Å². The van der Waals surface area contributed by atoms with Crippen molar-refractivity contribution in [3.05, 3.63) is 29.8 Å². The van der Waals surface area contributed by atoms with Crippen molar-refractivity contribution >= 4 is 16.0 Å². The molecule has 0 radical (unpaired) electrons. The highest BCUT2D eigenvalue weighted by atomic mass is 32.2. The van der Waals surface area contributed by atoms with E-state index in [9.17, 15) is 13.2 Å². The largest absolute Gasteiger partial charge is 0.481 e. The van der Waals surface area contributed by atoms with E-state index < -0.39 is 22.0 Å². The Balaban J connectivity index is 2.43. The summed E-state index contributed by atoms with van der Waals surface area (Å²) >= 11 is 0. The average Bonchev–Trinajstić information content (AvgIpc) is 2.73. The summed E-state index contributed by atoms with van der Waals surface area (Å²) < 4.78 is 36.5. The van der Waals surface area contributed by atoms with Gasteiger partial charge in [-0.1, -0.05) is 83.8 Å². The van der Waals surface area contributed by atoms with Gasteiger partial charge in [-0.2, -0.15) is 8.42 Å². The summed E-state index contributed by atoms with van der Waals surface area (Å²) in [6, 6.07) is 7.66. The Morgan fingerprint density at radius 2 is 1.48 bits per heavy atom. The molecule has 1 aromatic carbocycles. The zero-order valence-corrected chi connectivity index (χ0v) is 20.1. The van der Waals surface area contributed by atoms with Crippen LogP contribution in [-0.4, -0.2) is 37.3 Å². The van der Waals surface area contributed by atoms with Crippen molar-refractivity contribution in [2.45, 2.75) is 97.0 Å². The van der Waals surface area contributed by atoms with Gasteiger partial charge >= 0.3 is 0 Å². The zero-order chi connectivity index (χ0) is 23.0. The van der Waals surface area contributed by atoms with E-state index in [1.54, 1.807) is 0 Å². The molecule has 0 spiro atoms. The summed E-state index contributed by atoms with van der Waals surface area (Å²) in [7, 11) is -4.11. The lowest BCUT2D eigenvalue weighted by atomic mass is 10.0. The minimum Gasteiger partial charge on any atom is -0.481 e. The molecule has 0 bridgehead atoms. The van der Waals surface area contributed by atoms with Crippen LogP contribution in [0.3, 0.4) is 0 Å². The minimum atomic E-state index is -4.11. The Labute approximate surface area is 188 Å². The fraction of sp³-hybridized carbons (Fsp3) is 0.708. The van der Waals surface area contributed by atoms with Crippen LogP contribution >= 0.6 is 0 Å². The summed E-state index contributed by atoms with van der Waals surface area (Å²) in [5, 5.41) is 2.56. The Bertz CT molecular complexity index is 703. The van der Waals surface area contributed by atoms with Gasteiger partial charge in [-0.25, -0.2) is 0 Å². The molecule has 0 heterocycles. The number of carbonyl (C=O) groups is 1. The number of unbranched alkanes of at least 4 members (excludes halogenated alkanes) is 9. The summed E-state index contributed by atoms with van der Waals surface area (Å²) in [5.41, 5.74) is 1.19. The van der Waals surface area contributed by atoms with Gasteiger partial charge in [0.2, 0.25) is 0 Å². The SMILES string of the molecule is CCCCCCCCCCCCC(Oc1ccc(CC)cc1)C(=O)NCCS(=O)(=O)O. The summed E-state index contributed by atoms with van der Waals surface area (Å²) in [5.74, 6) is -0.229. The van der Waals surface area contributed by atoms with Gasteiger partial charge < -0.3 is 10.1 Å². The van der Waals surface area contributed by atoms with Gasteiger partial charge in [0.15, 0.2) is 6.10 Å². The third-order valence-electron chi connectivity index (χ3n) is 5.38. The third kappa shape index (κ3) is 14.2. The van der Waals surface area contributed by atoms with Crippen molar-refractivity contribution in [1.82, 2.24) is 5.32 Å². The molecule has 0 saturated carbocycles. The van der Waals surface area contributed by atoms with E-state index in [2.05, 4.69) is 19.2 Å². The molecule has 1 aromatic rings. The molecule has 0 aliphatic heterocycles. The van der Waals surface area contributed by atoms with E-state index in [1.165, 1.54) is 50.5 Å². The fourth-order valence-corrected chi connectivity index (χ4v) is 3.81. The Kier molecular flexibility index (Phi) is 14.2. The van der Waals surface area contributed by atoms with Crippen molar-refractivity contribution in [3.8, 4) is 5.75 Å². The molecule has 0 aliphatic rings. The van der Waals surface area contributed by atoms with Gasteiger partial charge in [-0.05, 0) is 37.0 Å². The van der Waals surface area contributed by atoms with Gasteiger partial charge in [-0.15, -0.1) is 0 Å². The first-order valence-electron chi connectivity index (χ1n) is 11.8. The average molecular weight is 456 g/mol. The Morgan fingerprint density at radius 3 is 2.00 bits per heavy atom. The van der Waals surface area contributed by atoms with E-state index in [0.717, 1.165) is 25.7 Å². The quantitative estimate of drug-likeness (QED) is 0.231. The van der Waals surface area contributed by atoms with Gasteiger partial charge in [0.1, 0.15) is 5.75 Å². The number of nitrogens with one attached hydrogen (secondary N) is 1. The number of rotatable bonds is 18. The molecule has 0 fully saturated rings. The molecular formula is C24H41NO5S. The molecule has 0 aliphatic carbocycles. The van der Waals surface area contributed by atoms with Crippen LogP contribution in [0.15, 0.2) is 24.3 Å². The molecule has 6 nitrogen and oxygen atoms in total. The first-order chi connectivity index (χ1) is 14.9. The number of hydrogen-bond donors (Lipinski definition) is 2. The molecule has 178 valence electrons. The summed E-state index contributed by atoms with van der Waals surface area (Å²) in [6.45, 7) is 4.17. The molecule has 1 unspecified atom stereocenters. The van der Waals surface area contributed by atoms with Crippen LogP contribution in [0.1, 0.15) is 90.0 Å². The van der Waals surface area contributed by atoms with Crippen LogP contribution in [0.2, 0.25) is 0 Å². The van der Waals surface area contributed by atoms with Gasteiger partial charge in [0.25, 0.3) is 16.0 Å². The number of benzene rings is 1. The van der Waals surface area contributed by atoms with Crippen LogP contribution in [0.25, 0.3) is 0 Å². The molecule has 1 amide bonds. The van der Waals surface area contributed by atoms with Crippen molar-refractivity contribution in [2.24, 2.45) is 0 Å². The topological polar surface area (TPSA) is 92.7 Å². The molecule has 0 aromatic heterocycles. The summed E-state index contributed by atoms with van der Waals surface area (Å²) in [4.78, 5) is 12.5. The minimum absolute atomic E-state index is 0.135. The normalized spacial score (nSPS) is 12.5. The first-order valence-corrected chi connectivity index (χ1v) is 13.4. The first kappa shape index (κ1) is 27.4. The van der Waals surface area contributed by atoms with E-state index >= 15 is 0 Å². The summed E-state index contributed by atoms with van der Waals surface area (Å²) in [6.07, 6.45) is 12.9.